The first kappa shape index (κ1) is 11.4. The Morgan fingerprint density at radius 2 is 2.28 bits per heavy atom. The summed E-state index contributed by atoms with van der Waals surface area (Å²) < 4.78 is 1.18. The number of nitrogens with one attached hydrogen (secondary N) is 1. The fraction of sp³-hybridized carbons (Fsp3) is 0.0769. The fourth-order valence-electron chi connectivity index (χ4n) is 1.60. The Hall–Kier alpha value is -1.72. The second-order valence-electron chi connectivity index (χ2n) is 3.88. The van der Waals surface area contributed by atoms with Crippen LogP contribution >= 0.6 is 22.7 Å². The molecule has 0 bridgehead atoms. The molecule has 0 aliphatic carbocycles. The van der Waals surface area contributed by atoms with Crippen LogP contribution < -0.4 is 5.43 Å². The number of hydrogen-bond acceptors (Lipinski definition) is 5. The molecule has 18 heavy (non-hydrogen) atoms. The van der Waals surface area contributed by atoms with E-state index in [1.165, 1.54) is 10.3 Å². The minimum atomic E-state index is 0.823. The summed E-state index contributed by atoms with van der Waals surface area (Å²) in [4.78, 5) is 5.59. The van der Waals surface area contributed by atoms with E-state index in [1.54, 1.807) is 22.7 Å². The fourth-order valence-corrected chi connectivity index (χ4v) is 3.09. The molecule has 0 spiro atoms. The summed E-state index contributed by atoms with van der Waals surface area (Å²) in [7, 11) is 0. The highest BCUT2D eigenvalue weighted by Gasteiger charge is 2.02. The first-order chi connectivity index (χ1) is 8.81. The molecule has 90 valence electrons. The van der Waals surface area contributed by atoms with Gasteiger partial charge in [-0.15, -0.1) is 11.3 Å². The highest BCUT2D eigenvalue weighted by molar-refractivity contribution is 7.22. The van der Waals surface area contributed by atoms with E-state index >= 15 is 0 Å². The van der Waals surface area contributed by atoms with Gasteiger partial charge in [0.2, 0.25) is 5.13 Å². The lowest BCUT2D eigenvalue weighted by Gasteiger charge is -1.90. The second-order valence-corrected chi connectivity index (χ2v) is 5.89. The first-order valence-corrected chi connectivity index (χ1v) is 7.21. The molecule has 3 nitrogen and oxygen atoms in total. The van der Waals surface area contributed by atoms with Crippen LogP contribution in [0.1, 0.15) is 10.4 Å². The molecular formula is C13H11N3S2. The van der Waals surface area contributed by atoms with Gasteiger partial charge in [0.15, 0.2) is 0 Å². The summed E-state index contributed by atoms with van der Waals surface area (Å²) in [5.74, 6) is 0. The third kappa shape index (κ3) is 2.42. The van der Waals surface area contributed by atoms with Gasteiger partial charge in [-0.05, 0) is 36.1 Å². The van der Waals surface area contributed by atoms with Gasteiger partial charge in [0, 0.05) is 4.88 Å². The number of thiophene rings is 1. The SMILES string of the molecule is Cc1ccc2nc(NN=Cc3cccs3)sc2c1. The smallest absolute Gasteiger partial charge is 0.204 e. The predicted octanol–water partition coefficient (Wildman–Crippen LogP) is 4.11. The number of nitrogens with zero attached hydrogens (tertiary/aromatic N) is 2. The molecule has 0 unspecified atom stereocenters. The molecule has 0 saturated carbocycles. The van der Waals surface area contributed by atoms with E-state index in [0.717, 1.165) is 15.5 Å². The minimum Gasteiger partial charge on any atom is -0.253 e. The summed E-state index contributed by atoms with van der Waals surface area (Å²) in [5, 5.41) is 7.04. The van der Waals surface area contributed by atoms with Crippen molar-refractivity contribution in [3.8, 4) is 0 Å². The number of hydrazone groups is 1. The largest absolute Gasteiger partial charge is 0.253 e. The van der Waals surface area contributed by atoms with E-state index in [-0.39, 0.29) is 0 Å². The van der Waals surface area contributed by atoms with Gasteiger partial charge in [-0.1, -0.05) is 23.5 Å². The normalized spacial score (nSPS) is 11.4. The van der Waals surface area contributed by atoms with Crippen molar-refractivity contribution < 1.29 is 0 Å². The van der Waals surface area contributed by atoms with Gasteiger partial charge in [0.1, 0.15) is 0 Å². The van der Waals surface area contributed by atoms with Crippen molar-refractivity contribution in [2.75, 3.05) is 5.43 Å². The van der Waals surface area contributed by atoms with Gasteiger partial charge in [0.25, 0.3) is 0 Å². The van der Waals surface area contributed by atoms with Crippen molar-refractivity contribution in [3.05, 3.63) is 46.2 Å². The molecule has 1 aromatic carbocycles. The number of rotatable bonds is 3. The molecule has 0 saturated heterocycles. The van der Waals surface area contributed by atoms with Crippen LogP contribution in [0.2, 0.25) is 0 Å². The zero-order valence-electron chi connectivity index (χ0n) is 9.75. The molecule has 0 radical (unpaired) electrons. The Kier molecular flexibility index (Phi) is 3.08. The Morgan fingerprint density at radius 1 is 1.33 bits per heavy atom. The third-order valence-electron chi connectivity index (χ3n) is 2.44. The van der Waals surface area contributed by atoms with Crippen LogP contribution in [-0.2, 0) is 0 Å². The van der Waals surface area contributed by atoms with Crippen molar-refractivity contribution in [2.24, 2.45) is 5.10 Å². The Labute approximate surface area is 113 Å². The van der Waals surface area contributed by atoms with E-state index in [1.807, 2.05) is 29.8 Å². The summed E-state index contributed by atoms with van der Waals surface area (Å²) in [5.41, 5.74) is 5.24. The van der Waals surface area contributed by atoms with E-state index < -0.39 is 0 Å². The molecule has 5 heteroatoms. The molecule has 0 atom stereocenters. The van der Waals surface area contributed by atoms with Gasteiger partial charge in [-0.2, -0.15) is 5.10 Å². The Bertz CT molecular complexity index is 683. The van der Waals surface area contributed by atoms with Crippen LogP contribution in [0.4, 0.5) is 5.13 Å². The first-order valence-electron chi connectivity index (χ1n) is 5.51. The highest BCUT2D eigenvalue weighted by atomic mass is 32.1. The lowest BCUT2D eigenvalue weighted by molar-refractivity contribution is 1.31. The van der Waals surface area contributed by atoms with Crippen molar-refractivity contribution in [1.29, 1.82) is 0 Å². The van der Waals surface area contributed by atoms with Crippen molar-refractivity contribution >= 4 is 44.2 Å². The van der Waals surface area contributed by atoms with E-state index in [0.29, 0.717) is 0 Å². The van der Waals surface area contributed by atoms with E-state index in [2.05, 4.69) is 34.6 Å². The zero-order chi connectivity index (χ0) is 12.4. The quantitative estimate of drug-likeness (QED) is 0.576. The molecule has 3 aromatic rings. The molecule has 2 aromatic heterocycles. The van der Waals surface area contributed by atoms with Crippen molar-refractivity contribution in [3.63, 3.8) is 0 Å². The number of aromatic nitrogens is 1. The number of hydrogen-bond donors (Lipinski definition) is 1. The predicted molar refractivity (Wildman–Crippen MR) is 79.9 cm³/mol. The average molecular weight is 273 g/mol. The lowest BCUT2D eigenvalue weighted by Crippen LogP contribution is -1.87. The lowest BCUT2D eigenvalue weighted by atomic mass is 10.2. The van der Waals surface area contributed by atoms with Gasteiger partial charge in [0.05, 0.1) is 16.4 Å². The molecule has 0 aliphatic rings. The summed E-state index contributed by atoms with van der Waals surface area (Å²) >= 11 is 3.27. The second kappa shape index (κ2) is 4.88. The number of aryl methyl sites for hydroxylation is 1. The van der Waals surface area contributed by atoms with Crippen LogP contribution in [0.5, 0.6) is 0 Å². The van der Waals surface area contributed by atoms with Gasteiger partial charge in [-0.25, -0.2) is 4.98 Å². The molecule has 3 rings (SSSR count). The van der Waals surface area contributed by atoms with Crippen LogP contribution in [0.3, 0.4) is 0 Å². The van der Waals surface area contributed by atoms with Crippen LogP contribution in [0.25, 0.3) is 10.2 Å². The maximum Gasteiger partial charge on any atom is 0.204 e. The van der Waals surface area contributed by atoms with Gasteiger partial charge in [-0.3, -0.25) is 5.43 Å². The average Bonchev–Trinajstić information content (AvgIpc) is 2.97. The number of benzene rings is 1. The maximum atomic E-state index is 4.47. The number of anilines is 1. The maximum absolute atomic E-state index is 4.47. The summed E-state index contributed by atoms with van der Waals surface area (Å²) in [6.07, 6.45) is 1.81. The zero-order valence-corrected chi connectivity index (χ0v) is 11.4. The van der Waals surface area contributed by atoms with Crippen molar-refractivity contribution in [1.82, 2.24) is 4.98 Å². The molecule has 0 amide bonds. The van der Waals surface area contributed by atoms with E-state index in [4.69, 9.17) is 0 Å². The molecule has 0 fully saturated rings. The number of fused-ring (bicyclic) bond motifs is 1. The van der Waals surface area contributed by atoms with Gasteiger partial charge < -0.3 is 0 Å². The van der Waals surface area contributed by atoms with Crippen LogP contribution in [0, 0.1) is 6.92 Å². The number of thiazole rings is 1. The van der Waals surface area contributed by atoms with Crippen molar-refractivity contribution in [2.45, 2.75) is 6.92 Å². The Balaban J connectivity index is 1.79. The van der Waals surface area contributed by atoms with E-state index in [9.17, 15) is 0 Å². The molecule has 1 N–H and O–H groups in total. The monoisotopic (exact) mass is 273 g/mol. The van der Waals surface area contributed by atoms with Gasteiger partial charge >= 0.3 is 0 Å². The molecular weight excluding hydrogens is 262 g/mol. The molecule has 0 aliphatic heterocycles. The van der Waals surface area contributed by atoms with Crippen LogP contribution in [0.15, 0.2) is 40.8 Å². The highest BCUT2D eigenvalue weighted by Crippen LogP contribution is 2.26. The standard InChI is InChI=1S/C13H11N3S2/c1-9-4-5-11-12(7-9)18-13(15-11)16-14-8-10-3-2-6-17-10/h2-8H,1H3,(H,15,16). The summed E-state index contributed by atoms with van der Waals surface area (Å²) in [6, 6.07) is 10.3. The van der Waals surface area contributed by atoms with Crippen LogP contribution in [-0.4, -0.2) is 11.2 Å². The molecule has 2 heterocycles. The minimum absolute atomic E-state index is 0.823. The Morgan fingerprint density at radius 3 is 3.11 bits per heavy atom. The summed E-state index contributed by atoms with van der Waals surface area (Å²) in [6.45, 7) is 2.08. The topological polar surface area (TPSA) is 37.3 Å². The third-order valence-corrected chi connectivity index (χ3v) is 4.17.